The average molecular weight is 553 g/mol. The van der Waals surface area contributed by atoms with Crippen molar-refractivity contribution in [3.8, 4) is 11.1 Å². The van der Waals surface area contributed by atoms with Gasteiger partial charge in [0.15, 0.2) is 0 Å². The SMILES string of the molecule is CCCN1C(=O)[C@H](CNC(=O)Cc2cccc(-c3ccccc3)c2)NC(=O)C12CCN(CCc1ccccc1)CC2. The van der Waals surface area contributed by atoms with Crippen molar-refractivity contribution in [3.05, 3.63) is 96.1 Å². The van der Waals surface area contributed by atoms with Crippen LogP contribution in [0.25, 0.3) is 11.1 Å². The number of rotatable bonds is 10. The quantitative estimate of drug-likeness (QED) is 0.401. The van der Waals surface area contributed by atoms with Crippen molar-refractivity contribution in [3.63, 3.8) is 0 Å². The molecular formula is C34H40N4O3. The number of piperidine rings is 1. The number of nitrogens with zero attached hydrogens (tertiary/aromatic N) is 2. The number of carbonyl (C=O) groups excluding carboxylic acids is 3. The molecule has 0 radical (unpaired) electrons. The molecular weight excluding hydrogens is 512 g/mol. The van der Waals surface area contributed by atoms with E-state index < -0.39 is 11.6 Å². The first-order valence-electron chi connectivity index (χ1n) is 14.8. The van der Waals surface area contributed by atoms with Crippen LogP contribution < -0.4 is 10.6 Å². The maximum Gasteiger partial charge on any atom is 0.247 e. The van der Waals surface area contributed by atoms with Crippen molar-refractivity contribution in [2.45, 2.75) is 50.6 Å². The van der Waals surface area contributed by atoms with E-state index in [9.17, 15) is 14.4 Å². The van der Waals surface area contributed by atoms with Gasteiger partial charge in [-0.2, -0.15) is 0 Å². The molecule has 2 N–H and O–H groups in total. The Morgan fingerprint density at radius 1 is 0.878 bits per heavy atom. The largest absolute Gasteiger partial charge is 0.353 e. The van der Waals surface area contributed by atoms with E-state index in [0.29, 0.717) is 19.4 Å². The molecule has 0 aromatic heterocycles. The van der Waals surface area contributed by atoms with E-state index in [1.54, 1.807) is 4.90 Å². The standard InChI is InChI=1S/C34H40N4O3/c1-2-19-38-32(40)30(25-35-31(39)24-27-12-9-15-29(23-27)28-13-7-4-8-14-28)36-33(41)34(38)17-21-37(22-18-34)20-16-26-10-5-3-6-11-26/h3-15,23,30H,2,16-22,24-25H2,1H3,(H,35,39)(H,36,41)/t30-/m0/s1. The third kappa shape index (κ3) is 6.68. The first kappa shape index (κ1) is 28.6. The first-order chi connectivity index (χ1) is 20.0. The van der Waals surface area contributed by atoms with Gasteiger partial charge in [-0.25, -0.2) is 0 Å². The highest BCUT2D eigenvalue weighted by molar-refractivity contribution is 6.00. The summed E-state index contributed by atoms with van der Waals surface area (Å²) in [5, 5.41) is 5.87. The number of piperazine rings is 1. The molecule has 2 fully saturated rings. The van der Waals surface area contributed by atoms with Gasteiger partial charge in [-0.15, -0.1) is 0 Å². The van der Waals surface area contributed by atoms with Crippen LogP contribution in [-0.4, -0.2) is 71.8 Å². The third-order valence-corrected chi connectivity index (χ3v) is 8.40. The molecule has 2 heterocycles. The summed E-state index contributed by atoms with van der Waals surface area (Å²) in [7, 11) is 0. The molecule has 41 heavy (non-hydrogen) atoms. The molecule has 1 atom stereocenters. The van der Waals surface area contributed by atoms with Crippen molar-refractivity contribution in [1.29, 1.82) is 0 Å². The lowest BCUT2D eigenvalue weighted by atomic mass is 9.81. The summed E-state index contributed by atoms with van der Waals surface area (Å²) < 4.78 is 0. The average Bonchev–Trinajstić information content (AvgIpc) is 3.01. The second kappa shape index (κ2) is 13.1. The van der Waals surface area contributed by atoms with Gasteiger partial charge in [0.05, 0.1) is 6.42 Å². The van der Waals surface area contributed by atoms with E-state index >= 15 is 0 Å². The van der Waals surface area contributed by atoms with Crippen molar-refractivity contribution in [1.82, 2.24) is 20.4 Å². The zero-order valence-electron chi connectivity index (χ0n) is 23.9. The van der Waals surface area contributed by atoms with E-state index in [1.165, 1.54) is 5.56 Å². The number of hydrogen-bond donors (Lipinski definition) is 2. The van der Waals surface area contributed by atoms with Crippen LogP contribution in [0.4, 0.5) is 0 Å². The Morgan fingerprint density at radius 3 is 2.24 bits per heavy atom. The molecule has 3 aromatic rings. The van der Waals surface area contributed by atoms with Crippen LogP contribution in [0.5, 0.6) is 0 Å². The summed E-state index contributed by atoms with van der Waals surface area (Å²) in [6, 6.07) is 27.6. The lowest BCUT2D eigenvalue weighted by molar-refractivity contribution is -0.161. The van der Waals surface area contributed by atoms with Crippen LogP contribution in [0, 0.1) is 0 Å². The van der Waals surface area contributed by atoms with Crippen LogP contribution in [0.1, 0.15) is 37.3 Å². The number of amides is 3. The second-order valence-electron chi connectivity index (χ2n) is 11.2. The number of nitrogens with one attached hydrogen (secondary N) is 2. The van der Waals surface area contributed by atoms with Crippen molar-refractivity contribution in [2.24, 2.45) is 0 Å². The smallest absolute Gasteiger partial charge is 0.247 e. The first-order valence-corrected chi connectivity index (χ1v) is 14.8. The Hall–Kier alpha value is -3.97. The highest BCUT2D eigenvalue weighted by Crippen LogP contribution is 2.33. The minimum atomic E-state index is -0.811. The highest BCUT2D eigenvalue weighted by atomic mass is 16.2. The predicted molar refractivity (Wildman–Crippen MR) is 161 cm³/mol. The van der Waals surface area contributed by atoms with Gasteiger partial charge in [-0.05, 0) is 47.9 Å². The van der Waals surface area contributed by atoms with Gasteiger partial charge in [0, 0.05) is 32.7 Å². The molecule has 5 rings (SSSR count). The molecule has 1 spiro atoms. The lowest BCUT2D eigenvalue weighted by Gasteiger charge is -2.51. The summed E-state index contributed by atoms with van der Waals surface area (Å²) in [5.74, 6) is -0.370. The number of carbonyl (C=O) groups is 3. The van der Waals surface area contributed by atoms with Gasteiger partial charge < -0.3 is 20.4 Å². The molecule has 0 saturated carbocycles. The summed E-state index contributed by atoms with van der Waals surface area (Å²) in [6.45, 7) is 5.14. The highest BCUT2D eigenvalue weighted by Gasteiger charge is 2.53. The fraction of sp³-hybridized carbons (Fsp3) is 0.382. The van der Waals surface area contributed by atoms with Crippen LogP contribution >= 0.6 is 0 Å². The van der Waals surface area contributed by atoms with Gasteiger partial charge in [0.2, 0.25) is 17.7 Å². The zero-order valence-corrected chi connectivity index (χ0v) is 23.9. The Morgan fingerprint density at radius 2 is 1.54 bits per heavy atom. The predicted octanol–water partition coefficient (Wildman–Crippen LogP) is 3.83. The van der Waals surface area contributed by atoms with Gasteiger partial charge in [0.1, 0.15) is 11.6 Å². The van der Waals surface area contributed by atoms with Crippen LogP contribution in [-0.2, 0) is 27.2 Å². The van der Waals surface area contributed by atoms with Gasteiger partial charge in [0.25, 0.3) is 0 Å². The number of benzene rings is 3. The van der Waals surface area contributed by atoms with E-state index in [4.69, 9.17) is 0 Å². The van der Waals surface area contributed by atoms with Gasteiger partial charge >= 0.3 is 0 Å². The molecule has 214 valence electrons. The van der Waals surface area contributed by atoms with E-state index in [1.807, 2.05) is 67.6 Å². The number of hydrogen-bond acceptors (Lipinski definition) is 4. The molecule has 0 bridgehead atoms. The normalized spacial score (nSPS) is 18.8. The molecule has 2 aliphatic rings. The van der Waals surface area contributed by atoms with E-state index in [2.05, 4.69) is 39.8 Å². The summed E-state index contributed by atoms with van der Waals surface area (Å²) >= 11 is 0. The van der Waals surface area contributed by atoms with E-state index in [-0.39, 0.29) is 30.7 Å². The van der Waals surface area contributed by atoms with Crippen LogP contribution in [0.15, 0.2) is 84.9 Å². The van der Waals surface area contributed by atoms with Crippen molar-refractivity contribution in [2.75, 3.05) is 32.7 Å². The molecule has 2 aliphatic heterocycles. The van der Waals surface area contributed by atoms with Crippen molar-refractivity contribution >= 4 is 17.7 Å². The Bertz CT molecular complexity index is 1340. The van der Waals surface area contributed by atoms with Crippen molar-refractivity contribution < 1.29 is 14.4 Å². The second-order valence-corrected chi connectivity index (χ2v) is 11.2. The Labute approximate surface area is 242 Å². The fourth-order valence-electron chi connectivity index (χ4n) is 6.09. The molecule has 0 unspecified atom stereocenters. The minimum absolute atomic E-state index is 0.0846. The molecule has 3 amide bonds. The number of likely N-dealkylation sites (tertiary alicyclic amines) is 1. The van der Waals surface area contributed by atoms with Gasteiger partial charge in [-0.1, -0.05) is 91.9 Å². The summed E-state index contributed by atoms with van der Waals surface area (Å²) in [4.78, 5) is 44.2. The molecule has 2 saturated heterocycles. The molecule has 7 heteroatoms. The van der Waals surface area contributed by atoms with Crippen LogP contribution in [0.2, 0.25) is 0 Å². The fourth-order valence-corrected chi connectivity index (χ4v) is 6.09. The summed E-state index contributed by atoms with van der Waals surface area (Å²) in [6.07, 6.45) is 3.19. The molecule has 3 aromatic carbocycles. The Kier molecular flexibility index (Phi) is 9.14. The lowest BCUT2D eigenvalue weighted by Crippen LogP contribution is -2.74. The topological polar surface area (TPSA) is 81.8 Å². The molecule has 7 nitrogen and oxygen atoms in total. The van der Waals surface area contributed by atoms with E-state index in [0.717, 1.165) is 49.2 Å². The molecule has 0 aliphatic carbocycles. The summed E-state index contributed by atoms with van der Waals surface area (Å²) in [5.41, 5.74) is 3.54. The monoisotopic (exact) mass is 552 g/mol. The minimum Gasteiger partial charge on any atom is -0.353 e. The zero-order chi connectivity index (χ0) is 28.7. The van der Waals surface area contributed by atoms with Crippen LogP contribution in [0.3, 0.4) is 0 Å². The maximum absolute atomic E-state index is 13.6. The maximum atomic E-state index is 13.6. The Balaban J connectivity index is 1.16. The van der Waals surface area contributed by atoms with Gasteiger partial charge in [-0.3, -0.25) is 14.4 Å². The third-order valence-electron chi connectivity index (χ3n) is 8.40.